The summed E-state index contributed by atoms with van der Waals surface area (Å²) in [6, 6.07) is 5.63. The van der Waals surface area contributed by atoms with Gasteiger partial charge in [0, 0.05) is 11.8 Å². The van der Waals surface area contributed by atoms with Crippen molar-refractivity contribution >= 4 is 22.8 Å². The fraction of sp³-hybridized carbons (Fsp3) is 0.348. The third-order valence-electron chi connectivity index (χ3n) is 5.56. The molecule has 5 rings (SSSR count). The van der Waals surface area contributed by atoms with Gasteiger partial charge in [0.05, 0.1) is 29.0 Å². The maximum absolute atomic E-state index is 11.2. The molecule has 4 N–H and O–H groups in total. The van der Waals surface area contributed by atoms with Crippen molar-refractivity contribution < 1.29 is 14.3 Å². The second-order valence-electron chi connectivity index (χ2n) is 9.24. The van der Waals surface area contributed by atoms with Crippen molar-refractivity contribution in [2.75, 3.05) is 18.5 Å². The summed E-state index contributed by atoms with van der Waals surface area (Å²) in [5, 5.41) is 8.59. The highest BCUT2D eigenvalue weighted by molar-refractivity contribution is 5.91. The van der Waals surface area contributed by atoms with Crippen LogP contribution in [-0.2, 0) is 11.3 Å². The van der Waals surface area contributed by atoms with E-state index in [9.17, 15) is 4.79 Å². The minimum Gasteiger partial charge on any atom is -0.484 e. The lowest BCUT2D eigenvalue weighted by molar-refractivity contribution is -0.118. The Morgan fingerprint density at radius 2 is 2.09 bits per heavy atom. The SMILES string of the molecule is CC(C)(C)[C@H](Nc1ncnc2[nH]c(-c3cnn(CC(N)=O)c3)cc12)c1ccc2c(n1)OCCO2. The van der Waals surface area contributed by atoms with E-state index in [1.165, 1.54) is 11.0 Å². The number of nitrogens with one attached hydrogen (secondary N) is 2. The van der Waals surface area contributed by atoms with Crippen LogP contribution in [0.4, 0.5) is 5.82 Å². The predicted octanol–water partition coefficient (Wildman–Crippen LogP) is 2.67. The maximum Gasteiger partial charge on any atom is 0.257 e. The number of hydrogen-bond donors (Lipinski definition) is 3. The second-order valence-corrected chi connectivity index (χ2v) is 9.24. The van der Waals surface area contributed by atoms with E-state index in [4.69, 9.17) is 20.2 Å². The summed E-state index contributed by atoms with van der Waals surface area (Å²) >= 11 is 0. The van der Waals surface area contributed by atoms with E-state index in [0.29, 0.717) is 36.3 Å². The molecule has 0 unspecified atom stereocenters. The number of amides is 1. The lowest BCUT2D eigenvalue weighted by atomic mass is 9.84. The molecule has 0 aliphatic carbocycles. The first-order chi connectivity index (χ1) is 16.3. The summed E-state index contributed by atoms with van der Waals surface area (Å²) in [5.74, 6) is 1.38. The van der Waals surface area contributed by atoms with Crippen molar-refractivity contribution in [2.24, 2.45) is 11.1 Å². The molecule has 0 saturated carbocycles. The number of carbonyl (C=O) groups excluding carboxylic acids is 1. The molecule has 0 spiro atoms. The zero-order valence-corrected chi connectivity index (χ0v) is 19.2. The number of aromatic nitrogens is 6. The first-order valence-electron chi connectivity index (χ1n) is 11.0. The van der Waals surface area contributed by atoms with Crippen LogP contribution in [0.2, 0.25) is 0 Å². The summed E-state index contributed by atoms with van der Waals surface area (Å²) < 4.78 is 12.8. The average Bonchev–Trinajstić information content (AvgIpc) is 3.43. The molecule has 4 aromatic heterocycles. The molecule has 1 atom stereocenters. The molecule has 4 aromatic rings. The number of primary amides is 1. The molecule has 34 heavy (non-hydrogen) atoms. The minimum atomic E-state index is -0.454. The topological polar surface area (TPSA) is 146 Å². The molecular formula is C23H26N8O3. The predicted molar refractivity (Wildman–Crippen MR) is 125 cm³/mol. The minimum absolute atomic E-state index is 0.0165. The number of nitrogens with zero attached hydrogens (tertiary/aromatic N) is 5. The Hall–Kier alpha value is -4.15. The number of aromatic amines is 1. The summed E-state index contributed by atoms with van der Waals surface area (Å²) in [4.78, 5) is 28.1. The first-order valence-corrected chi connectivity index (χ1v) is 11.0. The van der Waals surface area contributed by atoms with Crippen LogP contribution >= 0.6 is 0 Å². The normalized spacial score (nSPS) is 14.2. The monoisotopic (exact) mass is 462 g/mol. The van der Waals surface area contributed by atoms with Crippen molar-refractivity contribution in [3.63, 3.8) is 0 Å². The number of pyridine rings is 1. The Morgan fingerprint density at radius 3 is 2.88 bits per heavy atom. The van der Waals surface area contributed by atoms with E-state index in [-0.39, 0.29) is 18.0 Å². The van der Waals surface area contributed by atoms with E-state index in [2.05, 4.69) is 46.1 Å². The van der Waals surface area contributed by atoms with Crippen LogP contribution in [-0.4, -0.2) is 48.8 Å². The van der Waals surface area contributed by atoms with Gasteiger partial charge in [0.15, 0.2) is 5.75 Å². The Bertz CT molecular complexity index is 1350. The van der Waals surface area contributed by atoms with Crippen LogP contribution in [0.5, 0.6) is 11.6 Å². The second kappa shape index (κ2) is 8.32. The van der Waals surface area contributed by atoms with E-state index >= 15 is 0 Å². The van der Waals surface area contributed by atoms with Gasteiger partial charge in [-0.15, -0.1) is 0 Å². The molecule has 1 aliphatic rings. The third-order valence-corrected chi connectivity index (χ3v) is 5.56. The summed E-state index contributed by atoms with van der Waals surface area (Å²) in [6.45, 7) is 7.42. The van der Waals surface area contributed by atoms with Crippen LogP contribution in [0.15, 0.2) is 36.9 Å². The number of ether oxygens (including phenoxy) is 2. The lowest BCUT2D eigenvalue weighted by Crippen LogP contribution is -2.28. The number of rotatable bonds is 6. The van der Waals surface area contributed by atoms with Gasteiger partial charge in [-0.1, -0.05) is 20.8 Å². The molecule has 0 saturated heterocycles. The first kappa shape index (κ1) is 21.7. The molecular weight excluding hydrogens is 436 g/mol. The van der Waals surface area contributed by atoms with Gasteiger partial charge in [0.25, 0.3) is 5.88 Å². The average molecular weight is 463 g/mol. The van der Waals surface area contributed by atoms with Crippen molar-refractivity contribution in [1.29, 1.82) is 0 Å². The molecule has 1 amide bonds. The highest BCUT2D eigenvalue weighted by Crippen LogP contribution is 2.39. The molecule has 0 fully saturated rings. The summed E-state index contributed by atoms with van der Waals surface area (Å²) in [7, 11) is 0. The number of anilines is 1. The Morgan fingerprint density at radius 1 is 1.26 bits per heavy atom. The van der Waals surface area contributed by atoms with Gasteiger partial charge < -0.3 is 25.5 Å². The van der Waals surface area contributed by atoms with Gasteiger partial charge >= 0.3 is 0 Å². The quantitative estimate of drug-likeness (QED) is 0.396. The standard InChI is InChI=1S/C23H26N8O3/c1-23(2,3)19(15-4-5-17-22(29-15)34-7-6-33-17)30-21-14-8-16(28-20(14)25-12-26-21)13-9-27-31(10-13)11-18(24)32/h4-5,8-10,12,19H,6-7,11H2,1-3H3,(H2,24,32)(H2,25,26,28,30)/t19-/m1/s1. The Balaban J connectivity index is 1.49. The van der Waals surface area contributed by atoms with Gasteiger partial charge in [0.1, 0.15) is 37.6 Å². The summed E-state index contributed by atoms with van der Waals surface area (Å²) in [6.07, 6.45) is 4.94. The Kier molecular flexibility index (Phi) is 5.31. The van der Waals surface area contributed by atoms with E-state index in [0.717, 1.165) is 22.3 Å². The third kappa shape index (κ3) is 4.24. The zero-order chi connectivity index (χ0) is 23.9. The molecule has 11 nitrogen and oxygen atoms in total. The van der Waals surface area contributed by atoms with Crippen molar-refractivity contribution in [3.05, 3.63) is 42.6 Å². The van der Waals surface area contributed by atoms with E-state index < -0.39 is 5.91 Å². The smallest absolute Gasteiger partial charge is 0.257 e. The Labute approximate surface area is 195 Å². The van der Waals surface area contributed by atoms with Crippen LogP contribution in [0.3, 0.4) is 0 Å². The van der Waals surface area contributed by atoms with Crippen molar-refractivity contribution in [3.8, 4) is 22.9 Å². The fourth-order valence-corrected chi connectivity index (χ4v) is 3.94. The highest BCUT2D eigenvalue weighted by atomic mass is 16.6. The number of nitrogens with two attached hydrogens (primary N) is 1. The van der Waals surface area contributed by atoms with Gasteiger partial charge in [-0.05, 0) is 23.6 Å². The molecule has 5 heterocycles. The number of carbonyl (C=O) groups is 1. The number of hydrogen-bond acceptors (Lipinski definition) is 8. The molecule has 176 valence electrons. The molecule has 0 aromatic carbocycles. The van der Waals surface area contributed by atoms with Crippen LogP contribution in [0, 0.1) is 5.41 Å². The maximum atomic E-state index is 11.2. The fourth-order valence-electron chi connectivity index (χ4n) is 3.94. The van der Waals surface area contributed by atoms with E-state index in [1.54, 1.807) is 12.4 Å². The van der Waals surface area contributed by atoms with Crippen LogP contribution in [0.1, 0.15) is 32.5 Å². The van der Waals surface area contributed by atoms with E-state index in [1.807, 2.05) is 18.2 Å². The van der Waals surface area contributed by atoms with Crippen LogP contribution < -0.4 is 20.5 Å². The lowest BCUT2D eigenvalue weighted by Gasteiger charge is -2.32. The zero-order valence-electron chi connectivity index (χ0n) is 19.2. The molecule has 1 aliphatic heterocycles. The molecule has 0 bridgehead atoms. The van der Waals surface area contributed by atoms with Gasteiger partial charge in [-0.3, -0.25) is 9.48 Å². The number of H-pyrrole nitrogens is 1. The van der Waals surface area contributed by atoms with Crippen LogP contribution in [0.25, 0.3) is 22.3 Å². The van der Waals surface area contributed by atoms with Crippen molar-refractivity contribution in [2.45, 2.75) is 33.4 Å². The van der Waals surface area contributed by atoms with Gasteiger partial charge in [-0.25, -0.2) is 15.0 Å². The summed E-state index contributed by atoms with van der Waals surface area (Å²) in [5.41, 5.74) is 8.20. The van der Waals surface area contributed by atoms with Gasteiger partial charge in [0.2, 0.25) is 5.91 Å². The largest absolute Gasteiger partial charge is 0.484 e. The number of fused-ring (bicyclic) bond motifs is 2. The van der Waals surface area contributed by atoms with Crippen molar-refractivity contribution in [1.82, 2.24) is 29.7 Å². The molecule has 0 radical (unpaired) electrons. The highest BCUT2D eigenvalue weighted by Gasteiger charge is 2.30. The van der Waals surface area contributed by atoms with Gasteiger partial charge in [-0.2, -0.15) is 5.10 Å². The molecule has 11 heteroatoms.